The third-order valence-corrected chi connectivity index (χ3v) is 5.70. The summed E-state index contributed by atoms with van der Waals surface area (Å²) >= 11 is 1.49. The van der Waals surface area contributed by atoms with E-state index < -0.39 is 6.10 Å². The second-order valence-electron chi connectivity index (χ2n) is 6.73. The molecule has 3 aromatic rings. The number of hydrogen-bond acceptors (Lipinski definition) is 8. The zero-order chi connectivity index (χ0) is 19.3. The van der Waals surface area contributed by atoms with Crippen molar-refractivity contribution in [2.24, 2.45) is 0 Å². The van der Waals surface area contributed by atoms with Crippen molar-refractivity contribution in [3.63, 3.8) is 0 Å². The molecule has 0 saturated carbocycles. The lowest BCUT2D eigenvalue weighted by molar-refractivity contribution is 0.156. The minimum atomic E-state index is -0.559. The van der Waals surface area contributed by atoms with Gasteiger partial charge < -0.3 is 20.5 Å². The summed E-state index contributed by atoms with van der Waals surface area (Å²) in [6, 6.07) is 9.75. The van der Waals surface area contributed by atoms with Crippen LogP contribution >= 0.6 is 11.3 Å². The number of hydrogen-bond donors (Lipinski definition) is 3. The van der Waals surface area contributed by atoms with Gasteiger partial charge in [0.2, 0.25) is 11.8 Å². The average Bonchev–Trinajstić information content (AvgIpc) is 3.20. The van der Waals surface area contributed by atoms with Gasteiger partial charge in [0.1, 0.15) is 17.2 Å². The van der Waals surface area contributed by atoms with E-state index in [4.69, 9.17) is 4.74 Å². The van der Waals surface area contributed by atoms with Crippen molar-refractivity contribution in [2.75, 3.05) is 18.4 Å². The maximum atomic E-state index is 9.68. The number of thiazole rings is 1. The standard InChI is InChI=1S/C20H23N5O2S/c1-13(26)19-23-12-17(28-19)14-3-2-4-15(11-14)24-20-22-10-7-18(25-20)27-16-5-8-21-9-6-16/h2-4,7,10-13,16,21,26H,5-6,8-9H2,1H3,(H,22,24,25). The van der Waals surface area contributed by atoms with Crippen molar-refractivity contribution in [1.82, 2.24) is 20.3 Å². The van der Waals surface area contributed by atoms with Crippen molar-refractivity contribution >= 4 is 23.0 Å². The van der Waals surface area contributed by atoms with Gasteiger partial charge >= 0.3 is 0 Å². The molecule has 2 aromatic heterocycles. The summed E-state index contributed by atoms with van der Waals surface area (Å²) in [4.78, 5) is 14.1. The molecule has 1 aliphatic heterocycles. The molecule has 8 heteroatoms. The number of nitrogens with one attached hydrogen (secondary N) is 2. The monoisotopic (exact) mass is 397 g/mol. The molecule has 3 heterocycles. The van der Waals surface area contributed by atoms with Crippen LogP contribution in [0.25, 0.3) is 10.4 Å². The van der Waals surface area contributed by atoms with Crippen molar-refractivity contribution < 1.29 is 9.84 Å². The van der Waals surface area contributed by atoms with Gasteiger partial charge in [0.05, 0.1) is 4.88 Å². The van der Waals surface area contributed by atoms with Crippen molar-refractivity contribution in [3.8, 4) is 16.3 Å². The topological polar surface area (TPSA) is 92.2 Å². The quantitative estimate of drug-likeness (QED) is 0.586. The number of benzene rings is 1. The normalized spacial score (nSPS) is 15.9. The third kappa shape index (κ3) is 4.64. The van der Waals surface area contributed by atoms with Gasteiger partial charge in [-0.2, -0.15) is 4.98 Å². The first kappa shape index (κ1) is 18.8. The third-order valence-electron chi connectivity index (χ3n) is 4.49. The SMILES string of the molecule is CC(O)c1ncc(-c2cccc(Nc3nccc(OC4CCNCC4)n3)c2)s1. The van der Waals surface area contributed by atoms with Gasteiger partial charge in [-0.1, -0.05) is 12.1 Å². The lowest BCUT2D eigenvalue weighted by atomic mass is 10.1. The molecule has 1 atom stereocenters. The largest absolute Gasteiger partial charge is 0.474 e. The van der Waals surface area contributed by atoms with Gasteiger partial charge in [0.15, 0.2) is 0 Å². The number of ether oxygens (including phenoxy) is 1. The van der Waals surface area contributed by atoms with Crippen LogP contribution in [0.2, 0.25) is 0 Å². The molecule has 28 heavy (non-hydrogen) atoms. The molecule has 1 aromatic carbocycles. The Hall–Kier alpha value is -2.55. The first-order chi connectivity index (χ1) is 13.7. The molecule has 0 aliphatic carbocycles. The molecule has 1 saturated heterocycles. The molecular formula is C20H23N5O2S. The minimum absolute atomic E-state index is 0.196. The number of nitrogens with zero attached hydrogens (tertiary/aromatic N) is 3. The van der Waals surface area contributed by atoms with Crippen LogP contribution in [0.5, 0.6) is 5.88 Å². The van der Waals surface area contributed by atoms with E-state index in [-0.39, 0.29) is 6.10 Å². The molecule has 1 aliphatic rings. The fraction of sp³-hybridized carbons (Fsp3) is 0.350. The summed E-state index contributed by atoms with van der Waals surface area (Å²) in [6.45, 7) is 3.67. The van der Waals surface area contributed by atoms with Crippen LogP contribution in [-0.2, 0) is 0 Å². The van der Waals surface area contributed by atoms with E-state index in [2.05, 4.69) is 25.6 Å². The molecule has 1 unspecified atom stereocenters. The van der Waals surface area contributed by atoms with E-state index in [9.17, 15) is 5.11 Å². The number of aliphatic hydroxyl groups excluding tert-OH is 1. The van der Waals surface area contributed by atoms with E-state index in [1.165, 1.54) is 11.3 Å². The Kier molecular flexibility index (Phi) is 5.80. The van der Waals surface area contributed by atoms with E-state index in [0.717, 1.165) is 42.1 Å². The average molecular weight is 398 g/mol. The number of piperidine rings is 1. The fourth-order valence-corrected chi connectivity index (χ4v) is 3.90. The molecule has 7 nitrogen and oxygen atoms in total. The highest BCUT2D eigenvalue weighted by atomic mass is 32.1. The molecule has 3 N–H and O–H groups in total. The Balaban J connectivity index is 1.47. The van der Waals surface area contributed by atoms with E-state index in [0.29, 0.717) is 16.8 Å². The van der Waals surface area contributed by atoms with Crippen LogP contribution in [0.4, 0.5) is 11.6 Å². The van der Waals surface area contributed by atoms with Gasteiger partial charge in [-0.3, -0.25) is 0 Å². The maximum absolute atomic E-state index is 9.68. The van der Waals surface area contributed by atoms with Gasteiger partial charge in [0.25, 0.3) is 0 Å². The molecule has 0 bridgehead atoms. The Labute approximate surface area is 167 Å². The highest BCUT2D eigenvalue weighted by Gasteiger charge is 2.15. The maximum Gasteiger partial charge on any atom is 0.230 e. The highest BCUT2D eigenvalue weighted by Crippen LogP contribution is 2.31. The summed E-state index contributed by atoms with van der Waals surface area (Å²) in [7, 11) is 0. The van der Waals surface area contributed by atoms with E-state index >= 15 is 0 Å². The van der Waals surface area contributed by atoms with E-state index in [1.807, 2.05) is 24.3 Å². The summed E-state index contributed by atoms with van der Waals surface area (Å²) < 4.78 is 5.99. The van der Waals surface area contributed by atoms with Crippen LogP contribution in [0.1, 0.15) is 30.9 Å². The highest BCUT2D eigenvalue weighted by molar-refractivity contribution is 7.15. The molecule has 4 rings (SSSR count). The lowest BCUT2D eigenvalue weighted by Crippen LogP contribution is -2.34. The van der Waals surface area contributed by atoms with Gasteiger partial charge in [-0.15, -0.1) is 11.3 Å². The molecule has 0 radical (unpaired) electrons. The van der Waals surface area contributed by atoms with Gasteiger partial charge in [0, 0.05) is 24.1 Å². The van der Waals surface area contributed by atoms with Crippen LogP contribution in [0, 0.1) is 0 Å². The molecule has 146 valence electrons. The molecular weight excluding hydrogens is 374 g/mol. The summed E-state index contributed by atoms with van der Waals surface area (Å²) in [5.74, 6) is 1.09. The van der Waals surface area contributed by atoms with E-state index in [1.54, 1.807) is 25.4 Å². The van der Waals surface area contributed by atoms with Crippen molar-refractivity contribution in [3.05, 3.63) is 47.7 Å². The molecule has 0 amide bonds. The van der Waals surface area contributed by atoms with Crippen LogP contribution in [-0.4, -0.2) is 39.3 Å². The zero-order valence-corrected chi connectivity index (χ0v) is 16.4. The van der Waals surface area contributed by atoms with Crippen LogP contribution in [0.15, 0.2) is 42.7 Å². The smallest absolute Gasteiger partial charge is 0.230 e. The fourth-order valence-electron chi connectivity index (χ4n) is 3.05. The molecule has 0 spiro atoms. The van der Waals surface area contributed by atoms with Crippen molar-refractivity contribution in [2.45, 2.75) is 32.0 Å². The zero-order valence-electron chi connectivity index (χ0n) is 15.6. The first-order valence-corrected chi connectivity index (χ1v) is 10.2. The predicted molar refractivity (Wildman–Crippen MR) is 110 cm³/mol. The summed E-state index contributed by atoms with van der Waals surface area (Å²) in [6.07, 6.45) is 5.10. The lowest BCUT2D eigenvalue weighted by Gasteiger charge is -2.23. The second kappa shape index (κ2) is 8.64. The predicted octanol–water partition coefficient (Wildman–Crippen LogP) is 3.53. The summed E-state index contributed by atoms with van der Waals surface area (Å²) in [5.41, 5.74) is 1.90. The number of rotatable bonds is 6. The van der Waals surface area contributed by atoms with Gasteiger partial charge in [-0.25, -0.2) is 9.97 Å². The number of aliphatic hydroxyl groups is 1. The van der Waals surface area contributed by atoms with Crippen LogP contribution in [0.3, 0.4) is 0 Å². The van der Waals surface area contributed by atoms with Crippen LogP contribution < -0.4 is 15.4 Å². The van der Waals surface area contributed by atoms with Gasteiger partial charge in [-0.05, 0) is 50.6 Å². The Bertz CT molecular complexity index is 924. The second-order valence-corrected chi connectivity index (χ2v) is 7.79. The first-order valence-electron chi connectivity index (χ1n) is 9.39. The molecule has 1 fully saturated rings. The number of aromatic nitrogens is 3. The number of anilines is 2. The minimum Gasteiger partial charge on any atom is -0.474 e. The summed E-state index contributed by atoms with van der Waals surface area (Å²) in [5, 5.41) is 17.0. The Morgan fingerprint density at radius 1 is 1.25 bits per heavy atom. The van der Waals surface area contributed by atoms with Crippen molar-refractivity contribution in [1.29, 1.82) is 0 Å². The Morgan fingerprint density at radius 3 is 2.89 bits per heavy atom. The Morgan fingerprint density at radius 2 is 2.11 bits per heavy atom.